The Morgan fingerprint density at radius 2 is 1.93 bits per heavy atom. The van der Waals surface area contributed by atoms with E-state index in [2.05, 4.69) is 25.3 Å². The van der Waals surface area contributed by atoms with Gasteiger partial charge >= 0.3 is 5.97 Å². The van der Waals surface area contributed by atoms with Crippen LogP contribution in [0.15, 0.2) is 0 Å². The molecule has 0 aliphatic carbocycles. The first-order valence-corrected chi connectivity index (χ1v) is 6.69. The maximum atomic E-state index is 11.2. The lowest BCUT2D eigenvalue weighted by Gasteiger charge is -2.09. The Hall–Kier alpha value is 0.170. The topological polar surface area (TPSA) is 26.3 Å². The summed E-state index contributed by atoms with van der Waals surface area (Å²) in [4.78, 5) is 11.2. The lowest BCUT2D eigenvalue weighted by molar-refractivity contribution is -0.147. The van der Waals surface area contributed by atoms with Gasteiger partial charge in [0.15, 0.2) is 0 Å². The number of unbranched alkanes of at least 4 members (excludes halogenated alkanes) is 1. The van der Waals surface area contributed by atoms with Crippen LogP contribution in [-0.2, 0) is 9.53 Å². The molecule has 0 aromatic heterocycles. The summed E-state index contributed by atoms with van der Waals surface area (Å²) in [5.41, 5.74) is 0. The molecule has 2 nitrogen and oxygen atoms in total. The molecule has 0 rings (SSSR count). The van der Waals surface area contributed by atoms with Gasteiger partial charge in [-0.3, -0.25) is 4.79 Å². The van der Waals surface area contributed by atoms with Gasteiger partial charge in [-0.1, -0.05) is 6.42 Å². The molecular formula is C11H22O2S2. The van der Waals surface area contributed by atoms with Gasteiger partial charge < -0.3 is 4.74 Å². The molecule has 0 fully saturated rings. The summed E-state index contributed by atoms with van der Waals surface area (Å²) in [6.45, 7) is 3.74. The maximum Gasteiger partial charge on any atom is 0.306 e. The number of hydrogen-bond acceptors (Lipinski definition) is 4. The van der Waals surface area contributed by atoms with Gasteiger partial charge in [0.2, 0.25) is 0 Å². The van der Waals surface area contributed by atoms with Crippen LogP contribution in [0.2, 0.25) is 0 Å². The van der Waals surface area contributed by atoms with Crippen molar-refractivity contribution in [3.63, 3.8) is 0 Å². The van der Waals surface area contributed by atoms with E-state index in [9.17, 15) is 4.79 Å². The number of esters is 1. The average Bonchev–Trinajstić information content (AvgIpc) is 2.12. The van der Waals surface area contributed by atoms with E-state index in [1.807, 2.05) is 13.8 Å². The van der Waals surface area contributed by atoms with Crippen LogP contribution in [0.25, 0.3) is 0 Å². The molecule has 90 valence electrons. The van der Waals surface area contributed by atoms with E-state index in [0.29, 0.717) is 11.7 Å². The number of rotatable bonds is 8. The van der Waals surface area contributed by atoms with E-state index in [1.165, 1.54) is 0 Å². The molecule has 1 atom stereocenters. The lowest BCUT2D eigenvalue weighted by atomic mass is 10.1. The minimum atomic E-state index is -0.0880. The van der Waals surface area contributed by atoms with Crippen molar-refractivity contribution in [1.29, 1.82) is 0 Å². The second-order valence-corrected chi connectivity index (χ2v) is 5.13. The summed E-state index contributed by atoms with van der Waals surface area (Å²) < 4.78 is 5.03. The molecule has 0 spiro atoms. The van der Waals surface area contributed by atoms with Gasteiger partial charge in [-0.2, -0.15) is 25.3 Å². The van der Waals surface area contributed by atoms with Gasteiger partial charge in [0.25, 0.3) is 0 Å². The van der Waals surface area contributed by atoms with Gasteiger partial charge in [-0.25, -0.2) is 0 Å². The summed E-state index contributed by atoms with van der Waals surface area (Å²) in [6, 6.07) is 0. The Balaban J connectivity index is 3.34. The third-order valence-corrected chi connectivity index (χ3v) is 2.77. The van der Waals surface area contributed by atoms with Crippen molar-refractivity contribution in [3.8, 4) is 0 Å². The van der Waals surface area contributed by atoms with E-state index < -0.39 is 0 Å². The predicted molar refractivity (Wildman–Crippen MR) is 70.9 cm³/mol. The van der Waals surface area contributed by atoms with E-state index in [1.54, 1.807) is 0 Å². The van der Waals surface area contributed by atoms with Crippen molar-refractivity contribution in [2.75, 3.05) is 5.75 Å². The summed E-state index contributed by atoms with van der Waals surface area (Å²) >= 11 is 8.58. The average molecular weight is 250 g/mol. The number of ether oxygens (including phenoxy) is 1. The smallest absolute Gasteiger partial charge is 0.306 e. The molecular weight excluding hydrogens is 228 g/mol. The highest BCUT2D eigenvalue weighted by atomic mass is 32.1. The standard InChI is InChI=1S/C11H22O2S2/c1-9(2)13-11(12)6-4-3-5-10(15)7-8-14/h9-10,14-15H,3-8H2,1-2H3. The van der Waals surface area contributed by atoms with Crippen LogP contribution in [0.4, 0.5) is 0 Å². The SMILES string of the molecule is CC(C)OC(=O)CCCCC(S)CCS. The molecule has 0 heterocycles. The number of carbonyl (C=O) groups is 1. The zero-order valence-electron chi connectivity index (χ0n) is 9.61. The Kier molecular flexibility index (Phi) is 9.51. The second kappa shape index (κ2) is 9.40. The molecule has 0 N–H and O–H groups in total. The van der Waals surface area contributed by atoms with Crippen LogP contribution in [-0.4, -0.2) is 23.1 Å². The van der Waals surface area contributed by atoms with E-state index in [4.69, 9.17) is 4.74 Å². The Morgan fingerprint density at radius 1 is 1.27 bits per heavy atom. The molecule has 0 aliphatic rings. The van der Waals surface area contributed by atoms with Crippen molar-refractivity contribution in [2.24, 2.45) is 0 Å². The molecule has 4 heteroatoms. The van der Waals surface area contributed by atoms with Crippen molar-refractivity contribution in [3.05, 3.63) is 0 Å². The van der Waals surface area contributed by atoms with Gasteiger partial charge in [0.05, 0.1) is 6.10 Å². The molecule has 0 radical (unpaired) electrons. The van der Waals surface area contributed by atoms with Gasteiger partial charge in [-0.05, 0) is 38.9 Å². The highest BCUT2D eigenvalue weighted by molar-refractivity contribution is 7.81. The normalized spacial score (nSPS) is 12.9. The first-order chi connectivity index (χ1) is 7.06. The molecule has 0 aliphatic heterocycles. The third-order valence-electron chi connectivity index (χ3n) is 2.00. The van der Waals surface area contributed by atoms with Gasteiger partial charge in [0, 0.05) is 11.7 Å². The molecule has 0 amide bonds. The van der Waals surface area contributed by atoms with Gasteiger partial charge in [-0.15, -0.1) is 0 Å². The lowest BCUT2D eigenvalue weighted by Crippen LogP contribution is -2.11. The molecule has 15 heavy (non-hydrogen) atoms. The van der Waals surface area contributed by atoms with Crippen LogP contribution in [0.5, 0.6) is 0 Å². The highest BCUT2D eigenvalue weighted by Crippen LogP contribution is 2.13. The Labute approximate surface area is 104 Å². The maximum absolute atomic E-state index is 11.2. The van der Waals surface area contributed by atoms with E-state index in [0.717, 1.165) is 31.4 Å². The summed E-state index contributed by atoms with van der Waals surface area (Å²) in [5, 5.41) is 0.420. The summed E-state index contributed by atoms with van der Waals surface area (Å²) in [5.74, 6) is 0.790. The quantitative estimate of drug-likeness (QED) is 0.393. The molecule has 0 aromatic rings. The van der Waals surface area contributed by atoms with Crippen molar-refractivity contribution < 1.29 is 9.53 Å². The van der Waals surface area contributed by atoms with Crippen LogP contribution >= 0.6 is 25.3 Å². The van der Waals surface area contributed by atoms with Crippen molar-refractivity contribution >= 4 is 31.2 Å². The van der Waals surface area contributed by atoms with Crippen LogP contribution in [0.3, 0.4) is 0 Å². The third kappa shape index (κ3) is 10.5. The molecule has 0 saturated heterocycles. The van der Waals surface area contributed by atoms with Gasteiger partial charge in [0.1, 0.15) is 0 Å². The first kappa shape index (κ1) is 15.2. The minimum absolute atomic E-state index is 0.000639. The number of carbonyl (C=O) groups excluding carboxylic acids is 1. The number of hydrogen-bond donors (Lipinski definition) is 2. The largest absolute Gasteiger partial charge is 0.463 e. The van der Waals surface area contributed by atoms with Crippen LogP contribution < -0.4 is 0 Å². The molecule has 1 unspecified atom stereocenters. The van der Waals surface area contributed by atoms with E-state index in [-0.39, 0.29) is 12.1 Å². The Bertz CT molecular complexity index is 172. The monoisotopic (exact) mass is 250 g/mol. The summed E-state index contributed by atoms with van der Waals surface area (Å²) in [6.07, 6.45) is 4.55. The van der Waals surface area contributed by atoms with Crippen LogP contribution in [0.1, 0.15) is 46.0 Å². The fourth-order valence-electron chi connectivity index (χ4n) is 1.26. The predicted octanol–water partition coefficient (Wildman–Crippen LogP) is 3.12. The second-order valence-electron chi connectivity index (χ2n) is 3.95. The van der Waals surface area contributed by atoms with Crippen LogP contribution in [0, 0.1) is 0 Å². The fraction of sp³-hybridized carbons (Fsp3) is 0.909. The highest BCUT2D eigenvalue weighted by Gasteiger charge is 2.06. The first-order valence-electron chi connectivity index (χ1n) is 5.54. The zero-order chi connectivity index (χ0) is 11.7. The Morgan fingerprint density at radius 3 is 2.47 bits per heavy atom. The fourth-order valence-corrected chi connectivity index (χ4v) is 2.09. The molecule has 0 aromatic carbocycles. The number of thiol groups is 2. The molecule has 0 saturated carbocycles. The van der Waals surface area contributed by atoms with Crippen molar-refractivity contribution in [2.45, 2.75) is 57.3 Å². The minimum Gasteiger partial charge on any atom is -0.463 e. The van der Waals surface area contributed by atoms with Crippen molar-refractivity contribution in [1.82, 2.24) is 0 Å². The zero-order valence-corrected chi connectivity index (χ0v) is 11.4. The van der Waals surface area contributed by atoms with E-state index >= 15 is 0 Å². The summed E-state index contributed by atoms with van der Waals surface area (Å²) in [7, 11) is 0. The molecule has 0 bridgehead atoms.